The Bertz CT molecular complexity index is 166. The fourth-order valence-electron chi connectivity index (χ4n) is 0.384. The summed E-state index contributed by atoms with van der Waals surface area (Å²) in [4.78, 5) is 0. The Morgan fingerprint density at radius 1 is 1.50 bits per heavy atom. The van der Waals surface area contributed by atoms with E-state index in [4.69, 9.17) is 11.1 Å². The second-order valence-electron chi connectivity index (χ2n) is 1.74. The van der Waals surface area contributed by atoms with Gasteiger partial charge in [0.2, 0.25) is 0 Å². The lowest BCUT2D eigenvalue weighted by Gasteiger charge is -1.81. The lowest BCUT2D eigenvalue weighted by molar-refractivity contribution is 1.25. The molecule has 0 heterocycles. The van der Waals surface area contributed by atoms with Gasteiger partial charge in [-0.3, -0.25) is 0 Å². The lowest BCUT2D eigenvalue weighted by atomic mass is 10.3. The van der Waals surface area contributed by atoms with Crippen LogP contribution < -0.4 is 5.73 Å². The van der Waals surface area contributed by atoms with Gasteiger partial charge in [0.15, 0.2) is 0 Å². The summed E-state index contributed by atoms with van der Waals surface area (Å²) in [5.41, 5.74) is 5.87. The molecule has 0 atom stereocenters. The molecule has 0 fully saturated rings. The molecule has 0 aliphatic rings. The minimum absolute atomic E-state index is 0.543. The van der Waals surface area contributed by atoms with Crippen molar-refractivity contribution < 1.29 is 0 Å². The molecule has 0 bridgehead atoms. The van der Waals surface area contributed by atoms with E-state index < -0.39 is 0 Å². The van der Waals surface area contributed by atoms with Crippen molar-refractivity contribution in [3.05, 3.63) is 36.5 Å². The second-order valence-corrected chi connectivity index (χ2v) is 1.74. The van der Waals surface area contributed by atoms with E-state index >= 15 is 0 Å². The predicted octanol–water partition coefficient (Wildman–Crippen LogP) is 1.26. The first kappa shape index (κ1) is 8.85. The number of nitrogens with one attached hydrogen (secondary N) is 1. The number of hydrogen-bond acceptors (Lipinski definition) is 2. The van der Waals surface area contributed by atoms with E-state index in [1.807, 2.05) is 12.2 Å². The monoisotopic (exact) mass is 136 g/mol. The number of hydrogen-bond donors (Lipinski definition) is 2. The van der Waals surface area contributed by atoms with Crippen LogP contribution in [0.1, 0.15) is 0 Å². The number of nitrogens with two attached hydrogens (primary N) is 1. The van der Waals surface area contributed by atoms with Crippen LogP contribution in [0.2, 0.25) is 0 Å². The molecule has 54 valence electrons. The van der Waals surface area contributed by atoms with E-state index in [2.05, 4.69) is 6.58 Å². The molecule has 0 rings (SSSR count). The minimum atomic E-state index is 0.543. The minimum Gasteiger partial charge on any atom is -0.327 e. The third kappa shape index (κ3) is 5.00. The summed E-state index contributed by atoms with van der Waals surface area (Å²) < 4.78 is 0. The van der Waals surface area contributed by atoms with Crippen molar-refractivity contribution in [2.45, 2.75) is 0 Å². The van der Waals surface area contributed by atoms with Crippen LogP contribution in [-0.4, -0.2) is 12.8 Å². The summed E-state index contributed by atoms with van der Waals surface area (Å²) in [5.74, 6) is 0. The van der Waals surface area contributed by atoms with Crippen LogP contribution >= 0.6 is 0 Å². The highest BCUT2D eigenvalue weighted by atomic mass is 14.5. The Kier molecular flexibility index (Phi) is 5.29. The molecule has 0 radical (unpaired) electrons. The standard InChI is InChI=1S/C8H12N2/c1-8(7-10)5-3-2-4-6-9/h2-5,7,10H,1,6,9H2/b4-2-,5-3-,10-7?. The summed E-state index contributed by atoms with van der Waals surface area (Å²) in [6.07, 6.45) is 8.41. The molecule has 0 aromatic rings. The third-order valence-electron chi connectivity index (χ3n) is 0.879. The molecule has 2 heteroatoms. The number of rotatable bonds is 4. The quantitative estimate of drug-likeness (QED) is 0.443. The van der Waals surface area contributed by atoms with E-state index in [1.165, 1.54) is 6.21 Å². The summed E-state index contributed by atoms with van der Waals surface area (Å²) in [6.45, 7) is 4.12. The first-order valence-corrected chi connectivity index (χ1v) is 3.04. The predicted molar refractivity (Wildman–Crippen MR) is 45.3 cm³/mol. The Hall–Kier alpha value is -1.15. The van der Waals surface area contributed by atoms with Crippen molar-refractivity contribution >= 4 is 6.21 Å². The highest BCUT2D eigenvalue weighted by molar-refractivity contribution is 5.78. The molecule has 10 heavy (non-hydrogen) atoms. The molecular formula is C8H12N2. The van der Waals surface area contributed by atoms with Gasteiger partial charge in [0.05, 0.1) is 0 Å². The molecular weight excluding hydrogens is 124 g/mol. The van der Waals surface area contributed by atoms with Gasteiger partial charge in [-0.1, -0.05) is 30.9 Å². The average molecular weight is 136 g/mol. The SMILES string of the molecule is C=C(C=N)/C=C\C=C/CN. The first-order valence-electron chi connectivity index (χ1n) is 3.04. The van der Waals surface area contributed by atoms with Gasteiger partial charge < -0.3 is 11.1 Å². The van der Waals surface area contributed by atoms with Gasteiger partial charge in [-0.15, -0.1) is 0 Å². The molecule has 0 amide bonds. The van der Waals surface area contributed by atoms with Crippen LogP contribution in [0.4, 0.5) is 0 Å². The van der Waals surface area contributed by atoms with Crippen molar-refractivity contribution in [2.24, 2.45) is 5.73 Å². The molecule has 0 saturated heterocycles. The van der Waals surface area contributed by atoms with E-state index in [1.54, 1.807) is 12.2 Å². The Labute approximate surface area is 61.3 Å². The average Bonchev–Trinajstić information content (AvgIpc) is 1.98. The van der Waals surface area contributed by atoms with E-state index in [0.29, 0.717) is 12.1 Å². The highest BCUT2D eigenvalue weighted by Crippen LogP contribution is 1.86. The molecule has 0 aliphatic heterocycles. The van der Waals surface area contributed by atoms with Crippen LogP contribution in [0.15, 0.2) is 36.5 Å². The van der Waals surface area contributed by atoms with Gasteiger partial charge in [-0.2, -0.15) is 0 Å². The molecule has 0 unspecified atom stereocenters. The van der Waals surface area contributed by atoms with Gasteiger partial charge in [0.1, 0.15) is 0 Å². The Morgan fingerprint density at radius 3 is 2.70 bits per heavy atom. The molecule has 0 aliphatic carbocycles. The fourth-order valence-corrected chi connectivity index (χ4v) is 0.384. The summed E-state index contributed by atoms with van der Waals surface area (Å²) >= 11 is 0. The van der Waals surface area contributed by atoms with Crippen molar-refractivity contribution in [3.8, 4) is 0 Å². The van der Waals surface area contributed by atoms with Crippen LogP contribution in [-0.2, 0) is 0 Å². The maximum Gasteiger partial charge on any atom is 0.0244 e. The van der Waals surface area contributed by atoms with Gasteiger partial charge in [-0.25, -0.2) is 0 Å². The summed E-state index contributed by atoms with van der Waals surface area (Å²) in [5, 5.41) is 6.76. The van der Waals surface area contributed by atoms with Crippen LogP contribution in [0.5, 0.6) is 0 Å². The van der Waals surface area contributed by atoms with Gasteiger partial charge >= 0.3 is 0 Å². The smallest absolute Gasteiger partial charge is 0.0244 e. The van der Waals surface area contributed by atoms with Crippen molar-refractivity contribution in [1.82, 2.24) is 0 Å². The lowest BCUT2D eigenvalue weighted by Crippen LogP contribution is -1.91. The fraction of sp³-hybridized carbons (Fsp3) is 0.125. The maximum absolute atomic E-state index is 6.76. The maximum atomic E-state index is 6.76. The molecule has 0 aromatic heterocycles. The zero-order chi connectivity index (χ0) is 7.82. The van der Waals surface area contributed by atoms with Crippen LogP contribution in [0, 0.1) is 5.41 Å². The topological polar surface area (TPSA) is 49.9 Å². The molecule has 3 N–H and O–H groups in total. The summed E-state index contributed by atoms with van der Waals surface area (Å²) in [6, 6.07) is 0. The third-order valence-corrected chi connectivity index (χ3v) is 0.879. The largest absolute Gasteiger partial charge is 0.327 e. The molecule has 0 saturated carbocycles. The zero-order valence-corrected chi connectivity index (χ0v) is 5.88. The highest BCUT2D eigenvalue weighted by Gasteiger charge is 1.73. The Balaban J connectivity index is 3.65. The van der Waals surface area contributed by atoms with Gasteiger partial charge in [0.25, 0.3) is 0 Å². The zero-order valence-electron chi connectivity index (χ0n) is 5.88. The second kappa shape index (κ2) is 5.98. The van der Waals surface area contributed by atoms with Crippen molar-refractivity contribution in [2.75, 3.05) is 6.54 Å². The van der Waals surface area contributed by atoms with Crippen molar-refractivity contribution in [1.29, 1.82) is 5.41 Å². The van der Waals surface area contributed by atoms with Crippen molar-refractivity contribution in [3.63, 3.8) is 0 Å². The Morgan fingerprint density at radius 2 is 2.20 bits per heavy atom. The summed E-state index contributed by atoms with van der Waals surface area (Å²) in [7, 11) is 0. The van der Waals surface area contributed by atoms with Gasteiger partial charge in [0, 0.05) is 12.8 Å². The van der Waals surface area contributed by atoms with Gasteiger partial charge in [-0.05, 0) is 5.57 Å². The molecule has 0 aromatic carbocycles. The van der Waals surface area contributed by atoms with E-state index in [0.717, 1.165) is 0 Å². The van der Waals surface area contributed by atoms with E-state index in [-0.39, 0.29) is 0 Å². The normalized spacial score (nSPS) is 10.9. The van der Waals surface area contributed by atoms with E-state index in [9.17, 15) is 0 Å². The molecule has 2 nitrogen and oxygen atoms in total. The number of allylic oxidation sites excluding steroid dienone is 4. The van der Waals surface area contributed by atoms with Crippen LogP contribution in [0.3, 0.4) is 0 Å². The molecule has 0 spiro atoms. The first-order chi connectivity index (χ1) is 4.81. The van der Waals surface area contributed by atoms with Crippen LogP contribution in [0.25, 0.3) is 0 Å².